The Labute approximate surface area is 209 Å². The Kier molecular flexibility index (Phi) is 12.9. The first-order chi connectivity index (χ1) is 16.9. The Morgan fingerprint density at radius 1 is 0.889 bits per heavy atom. The van der Waals surface area contributed by atoms with Crippen molar-refractivity contribution in [2.24, 2.45) is 17.2 Å². The van der Waals surface area contributed by atoms with Crippen molar-refractivity contribution in [1.82, 2.24) is 16.0 Å². The van der Waals surface area contributed by atoms with E-state index in [1.54, 1.807) is 12.1 Å². The van der Waals surface area contributed by atoms with E-state index in [1.807, 2.05) is 0 Å². The lowest BCUT2D eigenvalue weighted by molar-refractivity contribution is -0.141. The molecule has 4 atom stereocenters. The molecular formula is C23H36N6O7. The maximum atomic E-state index is 13.0. The molecule has 13 heteroatoms. The van der Waals surface area contributed by atoms with E-state index in [4.69, 9.17) is 22.3 Å². The summed E-state index contributed by atoms with van der Waals surface area (Å²) in [6, 6.07) is 1.55. The van der Waals surface area contributed by atoms with E-state index in [0.29, 0.717) is 24.9 Å². The standard InChI is InChI=1S/C23H36N6O7/c1-13(23(35)36)27-21(33)17(4-2-3-11-24)29-22(34)18(9-10-19(26)31)28-20(32)16(25)12-14-5-7-15(30)8-6-14/h5-8,13,16-18,30H,2-4,9-12,24-25H2,1H3,(H2,26,31)(H,27,33)(H,28,32)(H,29,34)(H,35,36). The zero-order valence-electron chi connectivity index (χ0n) is 20.2. The maximum absolute atomic E-state index is 13.0. The molecule has 4 amide bonds. The van der Waals surface area contributed by atoms with E-state index < -0.39 is 53.8 Å². The molecule has 0 bridgehead atoms. The smallest absolute Gasteiger partial charge is 0.325 e. The fourth-order valence-corrected chi connectivity index (χ4v) is 3.22. The molecule has 0 radical (unpaired) electrons. The lowest BCUT2D eigenvalue weighted by Crippen LogP contribution is -2.57. The van der Waals surface area contributed by atoms with E-state index in [-0.39, 0.29) is 31.4 Å². The first-order valence-electron chi connectivity index (χ1n) is 11.6. The van der Waals surface area contributed by atoms with Crippen molar-refractivity contribution in [3.05, 3.63) is 29.8 Å². The van der Waals surface area contributed by atoms with Crippen LogP contribution >= 0.6 is 0 Å². The van der Waals surface area contributed by atoms with Crippen molar-refractivity contribution in [3.63, 3.8) is 0 Å². The van der Waals surface area contributed by atoms with E-state index in [1.165, 1.54) is 19.1 Å². The number of nitrogens with one attached hydrogen (secondary N) is 3. The lowest BCUT2D eigenvalue weighted by atomic mass is 10.0. The van der Waals surface area contributed by atoms with Crippen molar-refractivity contribution < 1.29 is 34.2 Å². The van der Waals surface area contributed by atoms with Gasteiger partial charge in [0, 0.05) is 6.42 Å². The second-order valence-corrected chi connectivity index (χ2v) is 8.46. The second-order valence-electron chi connectivity index (χ2n) is 8.46. The van der Waals surface area contributed by atoms with Crippen LogP contribution in [-0.2, 0) is 30.4 Å². The number of hydrogen-bond donors (Lipinski definition) is 8. The van der Waals surface area contributed by atoms with Crippen LogP contribution in [0.15, 0.2) is 24.3 Å². The zero-order valence-corrected chi connectivity index (χ0v) is 20.2. The number of carbonyl (C=O) groups excluding carboxylic acids is 4. The van der Waals surface area contributed by atoms with E-state index in [0.717, 1.165) is 0 Å². The van der Waals surface area contributed by atoms with E-state index in [2.05, 4.69) is 16.0 Å². The largest absolute Gasteiger partial charge is 0.508 e. The van der Waals surface area contributed by atoms with Gasteiger partial charge in [-0.1, -0.05) is 12.1 Å². The number of carbonyl (C=O) groups is 5. The molecule has 1 aromatic rings. The Morgan fingerprint density at radius 3 is 2.00 bits per heavy atom. The van der Waals surface area contributed by atoms with Crippen LogP contribution in [0.3, 0.4) is 0 Å². The number of aromatic hydroxyl groups is 1. The Hall–Kier alpha value is -3.71. The summed E-state index contributed by atoms with van der Waals surface area (Å²) in [7, 11) is 0. The number of benzene rings is 1. The van der Waals surface area contributed by atoms with Crippen molar-refractivity contribution in [2.75, 3.05) is 6.54 Å². The van der Waals surface area contributed by atoms with Crippen LogP contribution in [0.4, 0.5) is 0 Å². The van der Waals surface area contributed by atoms with E-state index in [9.17, 15) is 29.1 Å². The fraction of sp³-hybridized carbons (Fsp3) is 0.522. The minimum Gasteiger partial charge on any atom is -0.508 e. The van der Waals surface area contributed by atoms with Crippen LogP contribution in [0.25, 0.3) is 0 Å². The number of unbranched alkanes of at least 4 members (excludes halogenated alkanes) is 1. The number of phenolic OH excluding ortho intramolecular Hbond substituents is 1. The molecular weight excluding hydrogens is 472 g/mol. The molecule has 0 heterocycles. The predicted octanol–water partition coefficient (Wildman–Crippen LogP) is -1.78. The molecule has 13 nitrogen and oxygen atoms in total. The second kappa shape index (κ2) is 15.3. The molecule has 1 rings (SSSR count). The summed E-state index contributed by atoms with van der Waals surface area (Å²) in [6.07, 6.45) is 0.993. The van der Waals surface area contributed by atoms with Crippen LogP contribution in [0, 0.1) is 0 Å². The first kappa shape index (κ1) is 30.3. The molecule has 0 aromatic heterocycles. The highest BCUT2D eigenvalue weighted by Crippen LogP contribution is 2.11. The normalized spacial score (nSPS) is 14.1. The molecule has 0 saturated carbocycles. The molecule has 0 saturated heterocycles. The number of primary amides is 1. The van der Waals surface area contributed by atoms with Gasteiger partial charge in [-0.2, -0.15) is 0 Å². The zero-order chi connectivity index (χ0) is 27.3. The summed E-state index contributed by atoms with van der Waals surface area (Å²) >= 11 is 0. The van der Waals surface area contributed by atoms with Gasteiger partial charge >= 0.3 is 5.97 Å². The summed E-state index contributed by atoms with van der Waals surface area (Å²) in [6.45, 7) is 1.65. The molecule has 11 N–H and O–H groups in total. The summed E-state index contributed by atoms with van der Waals surface area (Å²) in [4.78, 5) is 60.7. The molecule has 0 spiro atoms. The molecule has 1 aromatic carbocycles. The van der Waals surface area contributed by atoms with Crippen molar-refractivity contribution >= 4 is 29.6 Å². The lowest BCUT2D eigenvalue weighted by Gasteiger charge is -2.24. The van der Waals surface area contributed by atoms with Crippen molar-refractivity contribution in [2.45, 2.75) is 69.6 Å². The average Bonchev–Trinajstić information content (AvgIpc) is 2.81. The minimum atomic E-state index is -1.25. The highest BCUT2D eigenvalue weighted by atomic mass is 16.4. The molecule has 0 aliphatic rings. The Balaban J connectivity index is 2.94. The number of aliphatic carboxylic acids is 1. The maximum Gasteiger partial charge on any atom is 0.325 e. The number of carboxylic acid groups (broad SMARTS) is 1. The first-order valence-corrected chi connectivity index (χ1v) is 11.6. The summed E-state index contributed by atoms with van der Waals surface area (Å²) < 4.78 is 0. The Bertz CT molecular complexity index is 909. The van der Waals surface area contributed by atoms with Gasteiger partial charge in [0.25, 0.3) is 0 Å². The van der Waals surface area contributed by atoms with Gasteiger partial charge in [0.2, 0.25) is 23.6 Å². The van der Waals surface area contributed by atoms with Gasteiger partial charge in [-0.15, -0.1) is 0 Å². The monoisotopic (exact) mass is 508 g/mol. The van der Waals surface area contributed by atoms with Crippen LogP contribution in [-0.4, -0.2) is 70.5 Å². The van der Waals surface area contributed by atoms with Crippen molar-refractivity contribution in [1.29, 1.82) is 0 Å². The third kappa shape index (κ3) is 11.1. The molecule has 36 heavy (non-hydrogen) atoms. The van der Waals surface area contributed by atoms with Gasteiger partial charge < -0.3 is 43.4 Å². The summed E-state index contributed by atoms with van der Waals surface area (Å²) in [5, 5.41) is 25.8. The van der Waals surface area contributed by atoms with Crippen LogP contribution in [0.2, 0.25) is 0 Å². The minimum absolute atomic E-state index is 0.0581. The van der Waals surface area contributed by atoms with Gasteiger partial charge in [-0.25, -0.2) is 0 Å². The number of carboxylic acids is 1. The summed E-state index contributed by atoms with van der Waals surface area (Å²) in [5.74, 6) is -4.01. The number of phenols is 1. The average molecular weight is 509 g/mol. The highest BCUT2D eigenvalue weighted by Gasteiger charge is 2.29. The fourth-order valence-electron chi connectivity index (χ4n) is 3.22. The van der Waals surface area contributed by atoms with E-state index >= 15 is 0 Å². The van der Waals surface area contributed by atoms with Gasteiger partial charge in [0.05, 0.1) is 6.04 Å². The topological polar surface area (TPSA) is 240 Å². The van der Waals surface area contributed by atoms with Gasteiger partial charge in [-0.05, 0) is 63.3 Å². The van der Waals surface area contributed by atoms with Gasteiger partial charge in [0.1, 0.15) is 23.9 Å². The van der Waals surface area contributed by atoms with Crippen molar-refractivity contribution in [3.8, 4) is 5.75 Å². The quantitative estimate of drug-likeness (QED) is 0.117. The highest BCUT2D eigenvalue weighted by molar-refractivity contribution is 5.94. The predicted molar refractivity (Wildman–Crippen MR) is 130 cm³/mol. The molecule has 0 aliphatic carbocycles. The summed E-state index contributed by atoms with van der Waals surface area (Å²) in [5.41, 5.74) is 17.3. The number of rotatable bonds is 16. The number of amides is 4. The molecule has 4 unspecified atom stereocenters. The molecule has 200 valence electrons. The van der Waals surface area contributed by atoms with Crippen LogP contribution in [0.1, 0.15) is 44.6 Å². The molecule has 0 aliphatic heterocycles. The SMILES string of the molecule is CC(NC(=O)C(CCCCN)NC(=O)C(CCC(N)=O)NC(=O)C(N)Cc1ccc(O)cc1)C(=O)O. The number of nitrogens with two attached hydrogens (primary N) is 3. The van der Waals surface area contributed by atoms with Crippen LogP contribution in [0.5, 0.6) is 5.75 Å². The molecule has 0 fully saturated rings. The van der Waals surface area contributed by atoms with Crippen LogP contribution < -0.4 is 33.2 Å². The Morgan fingerprint density at radius 2 is 1.44 bits per heavy atom. The third-order valence-corrected chi connectivity index (χ3v) is 5.35. The van der Waals surface area contributed by atoms with Gasteiger partial charge in [0.15, 0.2) is 0 Å². The number of hydrogen-bond acceptors (Lipinski definition) is 8. The third-order valence-electron chi connectivity index (χ3n) is 5.35. The van der Waals surface area contributed by atoms with Gasteiger partial charge in [-0.3, -0.25) is 24.0 Å².